The van der Waals surface area contributed by atoms with Gasteiger partial charge in [-0.25, -0.2) is 0 Å². The second-order valence-electron chi connectivity index (χ2n) is 8.94. The lowest BCUT2D eigenvalue weighted by Gasteiger charge is -2.39. The van der Waals surface area contributed by atoms with Gasteiger partial charge in [-0.3, -0.25) is 14.4 Å². The van der Waals surface area contributed by atoms with Gasteiger partial charge in [0.1, 0.15) is 5.69 Å². The van der Waals surface area contributed by atoms with Crippen molar-refractivity contribution in [3.05, 3.63) is 41.2 Å². The summed E-state index contributed by atoms with van der Waals surface area (Å²) in [5, 5.41) is 17.7. The quantitative estimate of drug-likeness (QED) is 0.686. The van der Waals surface area contributed by atoms with Gasteiger partial charge in [0.15, 0.2) is 11.5 Å². The van der Waals surface area contributed by atoms with Crippen LogP contribution in [0, 0.1) is 6.92 Å². The molecule has 8 nitrogen and oxygen atoms in total. The predicted octanol–water partition coefficient (Wildman–Crippen LogP) is 2.78. The molecule has 2 aliphatic heterocycles. The van der Waals surface area contributed by atoms with Crippen molar-refractivity contribution in [1.29, 1.82) is 0 Å². The molecule has 3 heterocycles. The zero-order valence-electron chi connectivity index (χ0n) is 19.3. The number of amides is 1. The van der Waals surface area contributed by atoms with Crippen LogP contribution in [0.3, 0.4) is 0 Å². The Balaban J connectivity index is 1.26. The smallest absolute Gasteiger partial charge is 0.269 e. The monoisotopic (exact) mass is 442 g/mol. The molecule has 1 aromatic heterocycles. The van der Waals surface area contributed by atoms with Crippen molar-refractivity contribution in [1.82, 2.24) is 20.0 Å². The van der Waals surface area contributed by atoms with Gasteiger partial charge in [-0.2, -0.15) is 5.10 Å². The highest BCUT2D eigenvalue weighted by molar-refractivity contribution is 5.92. The molecule has 2 aliphatic rings. The molecule has 0 bridgehead atoms. The molecule has 174 valence electrons. The number of rotatable bonds is 7. The van der Waals surface area contributed by atoms with Gasteiger partial charge in [-0.05, 0) is 51.7 Å². The first kappa shape index (κ1) is 22.6. The lowest BCUT2D eigenvalue weighted by molar-refractivity contribution is -0.0765. The Kier molecular flexibility index (Phi) is 6.71. The fourth-order valence-corrected chi connectivity index (χ4v) is 4.85. The number of hydrogen-bond donors (Lipinski definition) is 2. The lowest BCUT2D eigenvalue weighted by Crippen LogP contribution is -2.45. The molecule has 0 aliphatic carbocycles. The maximum atomic E-state index is 12.4. The van der Waals surface area contributed by atoms with Crippen LogP contribution in [0.1, 0.15) is 54.4 Å². The number of ether oxygens (including phenoxy) is 2. The highest BCUT2D eigenvalue weighted by Gasteiger charge is 2.42. The number of aryl methyl sites for hydroxylation is 2. The van der Waals surface area contributed by atoms with Gasteiger partial charge in [0.25, 0.3) is 5.91 Å². The van der Waals surface area contributed by atoms with Crippen LogP contribution in [0.4, 0.5) is 0 Å². The number of piperidine rings is 1. The van der Waals surface area contributed by atoms with Crippen LogP contribution < -0.4 is 10.1 Å². The average Bonchev–Trinajstić information content (AvgIpc) is 3.33. The van der Waals surface area contributed by atoms with Crippen molar-refractivity contribution in [3.8, 4) is 11.5 Å². The molecule has 1 aromatic carbocycles. The zero-order chi connectivity index (χ0) is 22.7. The van der Waals surface area contributed by atoms with Gasteiger partial charge in [-0.15, -0.1) is 0 Å². The Morgan fingerprint density at radius 1 is 1.34 bits per heavy atom. The first-order valence-corrected chi connectivity index (χ1v) is 11.5. The van der Waals surface area contributed by atoms with Crippen molar-refractivity contribution < 1.29 is 19.4 Å². The summed E-state index contributed by atoms with van der Waals surface area (Å²) in [6.45, 7) is 7.39. The number of benzene rings is 1. The SMILES string of the molecule is CCOc1cccc(CN2CCC3(CC[C@@H](CNC(=O)c4cc(C)nn4C)O3)CC2)c1O. The summed E-state index contributed by atoms with van der Waals surface area (Å²) in [6.07, 6.45) is 3.96. The van der Waals surface area contributed by atoms with Crippen LogP contribution in [-0.2, 0) is 18.3 Å². The molecule has 4 rings (SSSR count). The number of nitrogens with one attached hydrogen (secondary N) is 1. The van der Waals surface area contributed by atoms with Gasteiger partial charge in [0.05, 0.1) is 24.0 Å². The third-order valence-corrected chi connectivity index (χ3v) is 6.61. The van der Waals surface area contributed by atoms with E-state index in [4.69, 9.17) is 9.47 Å². The highest BCUT2D eigenvalue weighted by atomic mass is 16.5. The van der Waals surface area contributed by atoms with E-state index < -0.39 is 0 Å². The summed E-state index contributed by atoms with van der Waals surface area (Å²) in [5.74, 6) is 0.677. The maximum absolute atomic E-state index is 12.4. The molecule has 1 atom stereocenters. The molecule has 0 unspecified atom stereocenters. The molecule has 32 heavy (non-hydrogen) atoms. The molecule has 2 aromatic rings. The second kappa shape index (κ2) is 9.50. The van der Waals surface area contributed by atoms with Crippen molar-refractivity contribution in [3.63, 3.8) is 0 Å². The Morgan fingerprint density at radius 2 is 2.12 bits per heavy atom. The minimum atomic E-state index is -0.110. The molecule has 2 saturated heterocycles. The van der Waals surface area contributed by atoms with E-state index in [1.807, 2.05) is 26.0 Å². The normalized spacial score (nSPS) is 20.5. The van der Waals surface area contributed by atoms with E-state index in [0.29, 0.717) is 31.1 Å². The first-order chi connectivity index (χ1) is 15.4. The van der Waals surface area contributed by atoms with Crippen LogP contribution in [-0.4, -0.2) is 63.6 Å². The minimum absolute atomic E-state index is 0.0479. The fourth-order valence-electron chi connectivity index (χ4n) is 4.85. The third kappa shape index (κ3) is 4.91. The number of aromatic hydroxyl groups is 1. The number of phenolic OH excluding ortho intramolecular Hbond substituents is 1. The van der Waals surface area contributed by atoms with E-state index in [9.17, 15) is 9.90 Å². The van der Waals surface area contributed by atoms with Crippen LogP contribution in [0.25, 0.3) is 0 Å². The van der Waals surface area contributed by atoms with Crippen molar-refractivity contribution in [2.24, 2.45) is 7.05 Å². The summed E-state index contributed by atoms with van der Waals surface area (Å²) in [5.41, 5.74) is 2.20. The second-order valence-corrected chi connectivity index (χ2v) is 8.94. The molecule has 8 heteroatoms. The molecule has 0 radical (unpaired) electrons. The molecular weight excluding hydrogens is 408 g/mol. The Morgan fingerprint density at radius 3 is 2.81 bits per heavy atom. The number of phenols is 1. The highest BCUT2D eigenvalue weighted by Crippen LogP contribution is 2.39. The molecule has 2 N–H and O–H groups in total. The van der Waals surface area contributed by atoms with Crippen molar-refractivity contribution in [2.45, 2.75) is 57.8 Å². The zero-order valence-corrected chi connectivity index (χ0v) is 19.3. The largest absolute Gasteiger partial charge is 0.504 e. The summed E-state index contributed by atoms with van der Waals surface area (Å²) in [6, 6.07) is 7.48. The molecule has 1 spiro atoms. The summed E-state index contributed by atoms with van der Waals surface area (Å²) >= 11 is 0. The van der Waals surface area contributed by atoms with Gasteiger partial charge >= 0.3 is 0 Å². The molecular formula is C24H34N4O4. The maximum Gasteiger partial charge on any atom is 0.269 e. The lowest BCUT2D eigenvalue weighted by atomic mass is 9.88. The van der Waals surface area contributed by atoms with Crippen molar-refractivity contribution >= 4 is 5.91 Å². The van der Waals surface area contributed by atoms with E-state index in [0.717, 1.165) is 50.0 Å². The number of hydrogen-bond acceptors (Lipinski definition) is 6. The summed E-state index contributed by atoms with van der Waals surface area (Å²) in [4.78, 5) is 14.8. The molecule has 2 fully saturated rings. The first-order valence-electron chi connectivity index (χ1n) is 11.5. The average molecular weight is 443 g/mol. The van der Waals surface area contributed by atoms with Crippen molar-refractivity contribution in [2.75, 3.05) is 26.2 Å². The number of carbonyl (C=O) groups is 1. The van der Waals surface area contributed by atoms with E-state index in [1.165, 1.54) is 0 Å². The molecule has 0 saturated carbocycles. The topological polar surface area (TPSA) is 88.9 Å². The summed E-state index contributed by atoms with van der Waals surface area (Å²) in [7, 11) is 1.78. The van der Waals surface area contributed by atoms with E-state index in [1.54, 1.807) is 23.9 Å². The van der Waals surface area contributed by atoms with Crippen LogP contribution in [0.2, 0.25) is 0 Å². The minimum Gasteiger partial charge on any atom is -0.504 e. The number of likely N-dealkylation sites (tertiary alicyclic amines) is 1. The fraction of sp³-hybridized carbons (Fsp3) is 0.583. The van der Waals surface area contributed by atoms with Gasteiger partial charge in [0, 0.05) is 38.8 Å². The van der Waals surface area contributed by atoms with E-state index >= 15 is 0 Å². The molecule has 1 amide bonds. The Bertz CT molecular complexity index is 949. The van der Waals surface area contributed by atoms with Crippen LogP contribution in [0.5, 0.6) is 11.5 Å². The number of para-hydroxylation sites is 1. The van der Waals surface area contributed by atoms with Crippen LogP contribution in [0.15, 0.2) is 24.3 Å². The standard InChI is InChI=1S/C24H34N4O4/c1-4-31-21-7-5-6-18(22(21)29)16-28-12-10-24(11-13-28)9-8-19(32-24)15-25-23(30)20-14-17(2)26-27(20)3/h5-7,14,19,29H,4,8-13,15-16H2,1-3H3,(H,25,30)/t19-/m0/s1. The predicted molar refractivity (Wildman–Crippen MR) is 121 cm³/mol. The number of nitrogens with zero attached hydrogens (tertiary/aromatic N) is 3. The third-order valence-electron chi connectivity index (χ3n) is 6.61. The Labute approximate surface area is 189 Å². The van der Waals surface area contributed by atoms with Gasteiger partial charge < -0.3 is 19.9 Å². The van der Waals surface area contributed by atoms with E-state index in [-0.39, 0.29) is 23.4 Å². The summed E-state index contributed by atoms with van der Waals surface area (Å²) < 4.78 is 13.6. The number of aromatic nitrogens is 2. The Hall–Kier alpha value is -2.58. The number of carbonyl (C=O) groups excluding carboxylic acids is 1. The van der Waals surface area contributed by atoms with Crippen LogP contribution >= 0.6 is 0 Å². The van der Waals surface area contributed by atoms with Gasteiger partial charge in [0.2, 0.25) is 0 Å². The van der Waals surface area contributed by atoms with Gasteiger partial charge in [-0.1, -0.05) is 12.1 Å². The van der Waals surface area contributed by atoms with E-state index in [2.05, 4.69) is 15.3 Å².